The summed E-state index contributed by atoms with van der Waals surface area (Å²) in [5.74, 6) is 0.922. The number of ether oxygens (including phenoxy) is 4. The van der Waals surface area contributed by atoms with Gasteiger partial charge in [-0.15, -0.1) is 26.3 Å². The minimum atomic E-state index is -4.72. The number of benzene rings is 2. The zero-order chi connectivity index (χ0) is 32.6. The first kappa shape index (κ1) is 31.7. The van der Waals surface area contributed by atoms with Gasteiger partial charge in [-0.2, -0.15) is 0 Å². The van der Waals surface area contributed by atoms with Crippen molar-refractivity contribution in [1.82, 2.24) is 19.9 Å². The molecule has 46 heavy (non-hydrogen) atoms. The van der Waals surface area contributed by atoms with E-state index in [2.05, 4.69) is 39.7 Å². The lowest BCUT2D eigenvalue weighted by atomic mass is 10.1. The van der Waals surface area contributed by atoms with Crippen LogP contribution in [0.25, 0.3) is 0 Å². The second-order valence-corrected chi connectivity index (χ2v) is 9.15. The summed E-state index contributed by atoms with van der Waals surface area (Å²) in [4.78, 5) is 25.7. The van der Waals surface area contributed by atoms with Gasteiger partial charge in [0.15, 0.2) is 23.7 Å². The van der Waals surface area contributed by atoms with Gasteiger partial charge in [-0.05, 0) is 35.4 Å². The number of nitrogens with zero attached hydrogens (tertiary/aromatic N) is 6. The average Bonchev–Trinajstić information content (AvgIpc) is 3.68. The van der Waals surface area contributed by atoms with Crippen LogP contribution in [0, 0.1) is 0 Å². The molecule has 0 saturated carbocycles. The minimum absolute atomic E-state index is 0.293. The molecule has 0 amide bonds. The maximum atomic E-state index is 12.1. The number of oxime groups is 2. The van der Waals surface area contributed by atoms with E-state index in [1.54, 1.807) is 0 Å². The highest BCUT2D eigenvalue weighted by Gasteiger charge is 2.32. The third kappa shape index (κ3) is 9.66. The molecular weight excluding hydrogens is 630 g/mol. The highest BCUT2D eigenvalue weighted by molar-refractivity contribution is 5.80. The van der Waals surface area contributed by atoms with Gasteiger partial charge in [-0.3, -0.25) is 0 Å². The van der Waals surface area contributed by atoms with Crippen LogP contribution in [-0.2, 0) is 9.68 Å². The molecule has 6 rings (SSSR count). The van der Waals surface area contributed by atoms with E-state index >= 15 is 0 Å². The van der Waals surface area contributed by atoms with Crippen LogP contribution in [0.15, 0.2) is 96.3 Å². The molecule has 4 aromatic rings. The lowest BCUT2D eigenvalue weighted by molar-refractivity contribution is -0.275. The largest absolute Gasteiger partial charge is 0.573 e. The summed E-state index contributed by atoms with van der Waals surface area (Å²) < 4.78 is 91.2. The summed E-state index contributed by atoms with van der Waals surface area (Å²) in [6.45, 7) is 0. The Labute approximate surface area is 255 Å². The molecule has 0 unspecified atom stereocenters. The molecule has 2 atom stereocenters. The molecular formula is C28H20F6N6O6. The van der Waals surface area contributed by atoms with Crippen molar-refractivity contribution in [3.8, 4) is 23.0 Å². The van der Waals surface area contributed by atoms with Gasteiger partial charge >= 0.3 is 12.7 Å². The van der Waals surface area contributed by atoms with Crippen molar-refractivity contribution < 1.29 is 55.0 Å². The maximum Gasteiger partial charge on any atom is 0.573 e. The van der Waals surface area contributed by atoms with Crippen molar-refractivity contribution >= 4 is 11.8 Å². The topological polar surface area (TPSA) is 132 Å². The zero-order valence-corrected chi connectivity index (χ0v) is 23.1. The molecule has 0 fully saturated rings. The Balaban J connectivity index is 0.000000181. The van der Waals surface area contributed by atoms with Crippen LogP contribution < -0.4 is 18.9 Å². The van der Waals surface area contributed by atoms with Gasteiger partial charge in [0.2, 0.25) is 11.8 Å². The quantitative estimate of drug-likeness (QED) is 0.214. The van der Waals surface area contributed by atoms with Crippen molar-refractivity contribution in [1.29, 1.82) is 0 Å². The number of hydrogen-bond donors (Lipinski definition) is 0. The molecule has 4 heterocycles. The van der Waals surface area contributed by atoms with E-state index in [1.165, 1.54) is 86.0 Å². The summed E-state index contributed by atoms with van der Waals surface area (Å²) in [6, 6.07) is 10.8. The smallest absolute Gasteiger partial charge is 0.436 e. The highest BCUT2D eigenvalue weighted by Crippen LogP contribution is 2.32. The van der Waals surface area contributed by atoms with Crippen molar-refractivity contribution in [3.05, 3.63) is 97.1 Å². The predicted molar refractivity (Wildman–Crippen MR) is 143 cm³/mol. The monoisotopic (exact) mass is 650 g/mol. The molecule has 0 radical (unpaired) electrons. The maximum absolute atomic E-state index is 12.1. The average molecular weight is 650 g/mol. The molecule has 0 saturated heterocycles. The molecule has 18 heteroatoms. The van der Waals surface area contributed by atoms with Gasteiger partial charge < -0.3 is 28.6 Å². The lowest BCUT2D eigenvalue weighted by Crippen LogP contribution is -2.17. The third-order valence-corrected chi connectivity index (χ3v) is 5.80. The predicted octanol–water partition coefficient (Wildman–Crippen LogP) is 6.46. The standard InChI is InChI=1S/2C14H10F3N3O3/c2*15-14(16,17)22-10-3-1-9(2-4-10)12-5-13(20-23-12)21-11-6-18-8-19-7-11/h2*1-4,6-8,12H,5H2/t2*12-/m10/s1. The molecule has 2 aromatic carbocycles. The Morgan fingerprint density at radius 1 is 0.522 bits per heavy atom. The number of halogens is 6. The first-order chi connectivity index (χ1) is 22.0. The number of rotatable bonds is 6. The Morgan fingerprint density at radius 3 is 1.20 bits per heavy atom. The molecule has 0 aliphatic carbocycles. The van der Waals surface area contributed by atoms with Gasteiger partial charge in [0.1, 0.15) is 24.2 Å². The van der Waals surface area contributed by atoms with Crippen molar-refractivity contribution in [2.75, 3.05) is 0 Å². The number of alkyl halides is 6. The second-order valence-electron chi connectivity index (χ2n) is 9.15. The normalized spacial score (nSPS) is 17.3. The van der Waals surface area contributed by atoms with Crippen LogP contribution in [0.1, 0.15) is 36.2 Å². The van der Waals surface area contributed by atoms with Crippen molar-refractivity contribution in [2.24, 2.45) is 10.3 Å². The van der Waals surface area contributed by atoms with Crippen molar-refractivity contribution in [3.63, 3.8) is 0 Å². The van der Waals surface area contributed by atoms with Gasteiger partial charge in [0.05, 0.1) is 37.6 Å². The van der Waals surface area contributed by atoms with E-state index in [4.69, 9.17) is 19.1 Å². The first-order valence-corrected chi connectivity index (χ1v) is 13.0. The van der Waals surface area contributed by atoms with Crippen LogP contribution in [0.3, 0.4) is 0 Å². The third-order valence-electron chi connectivity index (χ3n) is 5.80. The second kappa shape index (κ2) is 14.0. The van der Waals surface area contributed by atoms with E-state index < -0.39 is 24.9 Å². The van der Waals surface area contributed by atoms with Crippen LogP contribution in [0.5, 0.6) is 23.0 Å². The van der Waals surface area contributed by atoms with Crippen LogP contribution in [-0.4, -0.2) is 44.5 Å². The molecule has 0 N–H and O–H groups in total. The Morgan fingerprint density at radius 2 is 0.870 bits per heavy atom. The van der Waals surface area contributed by atoms with Gasteiger partial charge in [0.25, 0.3) is 0 Å². The molecule has 2 aliphatic rings. The number of aromatic nitrogens is 4. The van der Waals surface area contributed by atoms with E-state index in [-0.39, 0.29) is 11.5 Å². The SMILES string of the molecule is FC(F)(F)Oc1ccc([C@@H]2CC(Oc3cncnc3)=NO2)cc1.FC(F)(F)Oc1ccc([C@H]2CC(Oc3cncnc3)=NO2)cc1. The molecule has 0 bridgehead atoms. The highest BCUT2D eigenvalue weighted by atomic mass is 19.4. The molecule has 240 valence electrons. The molecule has 12 nitrogen and oxygen atoms in total. The van der Waals surface area contributed by atoms with Gasteiger partial charge in [-0.1, -0.05) is 34.6 Å². The Bertz CT molecular complexity index is 1500. The summed E-state index contributed by atoms with van der Waals surface area (Å²) in [6.07, 6.45) is -0.968. The molecule has 2 aromatic heterocycles. The number of hydrogen-bond acceptors (Lipinski definition) is 12. The molecule has 2 aliphatic heterocycles. The van der Waals surface area contributed by atoms with E-state index in [0.29, 0.717) is 47.3 Å². The summed E-state index contributed by atoms with van der Waals surface area (Å²) in [5, 5.41) is 7.60. The van der Waals surface area contributed by atoms with Crippen molar-refractivity contribution in [2.45, 2.75) is 37.8 Å². The summed E-state index contributed by atoms with van der Waals surface area (Å²) in [5.41, 5.74) is 1.32. The Kier molecular flexibility index (Phi) is 9.63. The fraction of sp³-hybridized carbons (Fsp3) is 0.214. The van der Waals surface area contributed by atoms with Gasteiger partial charge in [-0.25, -0.2) is 19.9 Å². The van der Waals surface area contributed by atoms with Crippen LogP contribution in [0.2, 0.25) is 0 Å². The van der Waals surface area contributed by atoms with Gasteiger partial charge in [0, 0.05) is 0 Å². The van der Waals surface area contributed by atoms with Crippen LogP contribution in [0.4, 0.5) is 26.3 Å². The fourth-order valence-electron chi connectivity index (χ4n) is 3.91. The van der Waals surface area contributed by atoms with E-state index in [9.17, 15) is 26.3 Å². The minimum Gasteiger partial charge on any atom is -0.436 e. The fourth-order valence-corrected chi connectivity index (χ4v) is 3.91. The van der Waals surface area contributed by atoms with E-state index in [0.717, 1.165) is 0 Å². The zero-order valence-electron chi connectivity index (χ0n) is 23.1. The first-order valence-electron chi connectivity index (χ1n) is 13.0. The van der Waals surface area contributed by atoms with E-state index in [1.807, 2.05) is 0 Å². The Hall–Kier alpha value is -5.68. The molecule has 0 spiro atoms. The summed E-state index contributed by atoms with van der Waals surface area (Å²) >= 11 is 0. The lowest BCUT2D eigenvalue weighted by Gasteiger charge is -2.11. The summed E-state index contributed by atoms with van der Waals surface area (Å²) in [7, 11) is 0. The van der Waals surface area contributed by atoms with Crippen LogP contribution >= 0.6 is 0 Å².